The molecule has 4 atom stereocenters. The van der Waals surface area contributed by atoms with Gasteiger partial charge in [0, 0.05) is 31.1 Å². The summed E-state index contributed by atoms with van der Waals surface area (Å²) in [6.45, 7) is 1.67. The fraction of sp³-hybridized carbons (Fsp3) is 0.481. The molecule has 14 nitrogen and oxygen atoms in total. The van der Waals surface area contributed by atoms with Gasteiger partial charge in [-0.1, -0.05) is 0 Å². The third kappa shape index (κ3) is 4.21. The van der Waals surface area contributed by atoms with Crippen molar-refractivity contribution >= 4 is 29.2 Å². The zero-order valence-electron chi connectivity index (χ0n) is 22.6. The highest BCUT2D eigenvalue weighted by molar-refractivity contribution is 6.24. The molecule has 41 heavy (non-hydrogen) atoms. The monoisotopic (exact) mass is 571 g/mol. The molecule has 9 N–H and O–H groups in total. The summed E-state index contributed by atoms with van der Waals surface area (Å²) in [7, 11) is 3.12. The topological polar surface area (TPSA) is 229 Å². The number of nitrogens with zero attached hydrogens (tertiary/aromatic N) is 2. The molecule has 0 saturated carbocycles. The summed E-state index contributed by atoms with van der Waals surface area (Å²) < 4.78 is 5.27. The summed E-state index contributed by atoms with van der Waals surface area (Å²) in [5.74, 6) is -7.45. The second-order valence-electron chi connectivity index (χ2n) is 11.0. The van der Waals surface area contributed by atoms with Crippen molar-refractivity contribution in [1.82, 2.24) is 15.1 Å². The largest absolute Gasteiger partial charge is 0.510 e. The van der Waals surface area contributed by atoms with Gasteiger partial charge in [-0.25, -0.2) is 4.79 Å². The molecule has 3 amide bonds. The van der Waals surface area contributed by atoms with Crippen LogP contribution < -0.4 is 16.8 Å². The maximum atomic E-state index is 13.9. The Bertz CT molecular complexity index is 1430. The van der Waals surface area contributed by atoms with Gasteiger partial charge in [0.15, 0.2) is 11.4 Å². The molecule has 4 aliphatic rings. The number of likely N-dealkylation sites (N-methyl/N-ethyl adjacent to an activating group) is 1. The number of aliphatic hydroxyl groups is 3. The number of allylic oxidation sites excluding steroid dienone is 1. The number of amides is 3. The van der Waals surface area contributed by atoms with E-state index in [-0.39, 0.29) is 42.2 Å². The Balaban J connectivity index is 1.58. The first-order valence-corrected chi connectivity index (χ1v) is 13.2. The molecule has 5 rings (SSSR count). The number of ether oxygens (including phenoxy) is 1. The Kier molecular flexibility index (Phi) is 6.96. The summed E-state index contributed by atoms with van der Waals surface area (Å²) in [5, 5.41) is 47.6. The predicted molar refractivity (Wildman–Crippen MR) is 143 cm³/mol. The smallest absolute Gasteiger partial charge is 0.317 e. The SMILES string of the molecule is CN(C)[C@H]1C(O)=C(C(N)=O)C(=O)[C@@]2(O)C(O)=C3C(=O)c4c(O)c(N)cc(CNC(=O)N5CCOCC5)c4C[C@H]3C[C@@H]12. The zero-order chi connectivity index (χ0) is 30.0. The number of urea groups is 1. The number of anilines is 1. The lowest BCUT2D eigenvalue weighted by molar-refractivity contribution is -0.148. The number of aliphatic hydroxyl groups excluding tert-OH is 2. The van der Waals surface area contributed by atoms with E-state index in [1.54, 1.807) is 19.0 Å². The van der Waals surface area contributed by atoms with E-state index in [9.17, 15) is 39.6 Å². The van der Waals surface area contributed by atoms with Gasteiger partial charge in [0.05, 0.1) is 30.5 Å². The number of nitrogen functional groups attached to an aromatic ring is 1. The number of fused-ring (bicyclic) bond motifs is 3. The molecule has 0 bridgehead atoms. The average molecular weight is 572 g/mol. The number of phenolic OH excluding ortho intramolecular Hbond substituents is 1. The van der Waals surface area contributed by atoms with Crippen LogP contribution in [0.4, 0.5) is 10.5 Å². The summed E-state index contributed by atoms with van der Waals surface area (Å²) in [6, 6.07) is 0.0428. The standard InChI is InChI=1S/C27H33N5O9/c1-31(2)19-14-8-11-7-13-12(10-30-26(39)32-3-5-41-6-4-32)9-15(28)20(33)17(13)21(34)16(11)23(36)27(14,40)24(37)18(22(19)35)25(29)38/h9,11,14,19,33,35-36,40H,3-8,10,28H2,1-2H3,(H2,29,38)(H,30,39)/t11-,14-,19+,27-/m0/s1. The van der Waals surface area contributed by atoms with Crippen molar-refractivity contribution in [3.8, 4) is 5.75 Å². The minimum atomic E-state index is -2.73. The number of ketones is 2. The Hall–Kier alpha value is -4.14. The van der Waals surface area contributed by atoms with Crippen molar-refractivity contribution in [3.63, 3.8) is 0 Å². The highest BCUT2D eigenvalue weighted by Gasteiger charge is 2.63. The summed E-state index contributed by atoms with van der Waals surface area (Å²) in [6.07, 6.45) is 0.0433. The summed E-state index contributed by atoms with van der Waals surface area (Å²) in [4.78, 5) is 55.1. The number of hydrogen-bond donors (Lipinski definition) is 7. The van der Waals surface area contributed by atoms with Crippen LogP contribution in [0.5, 0.6) is 5.75 Å². The van der Waals surface area contributed by atoms with Crippen LogP contribution in [0.3, 0.4) is 0 Å². The number of primary amides is 1. The number of hydrogen-bond acceptors (Lipinski definition) is 11. The van der Waals surface area contributed by atoms with Crippen molar-refractivity contribution in [2.45, 2.75) is 31.0 Å². The number of carbonyl (C=O) groups excluding carboxylic acids is 4. The number of morpholine rings is 1. The van der Waals surface area contributed by atoms with Gasteiger partial charge in [0.2, 0.25) is 5.78 Å². The van der Waals surface area contributed by atoms with Gasteiger partial charge >= 0.3 is 6.03 Å². The van der Waals surface area contributed by atoms with Gasteiger partial charge in [0.25, 0.3) is 5.91 Å². The lowest BCUT2D eigenvalue weighted by Crippen LogP contribution is -2.63. The molecule has 0 spiro atoms. The lowest BCUT2D eigenvalue weighted by Gasteiger charge is -2.50. The molecule has 1 aromatic rings. The van der Waals surface area contributed by atoms with Crippen LogP contribution in [0.1, 0.15) is 27.9 Å². The Morgan fingerprint density at radius 2 is 1.85 bits per heavy atom. The van der Waals surface area contributed by atoms with E-state index in [1.165, 1.54) is 11.0 Å². The first-order chi connectivity index (χ1) is 19.3. The molecule has 1 heterocycles. The van der Waals surface area contributed by atoms with Crippen molar-refractivity contribution in [1.29, 1.82) is 0 Å². The molecule has 3 aliphatic carbocycles. The molecule has 220 valence electrons. The molecular formula is C27H33N5O9. The highest BCUT2D eigenvalue weighted by Crippen LogP contribution is 2.53. The fourth-order valence-electron chi connectivity index (χ4n) is 6.63. The van der Waals surface area contributed by atoms with E-state index in [4.69, 9.17) is 16.2 Å². The third-order valence-electron chi connectivity index (χ3n) is 8.57. The zero-order valence-corrected chi connectivity index (χ0v) is 22.6. The van der Waals surface area contributed by atoms with Crippen LogP contribution in [0.2, 0.25) is 0 Å². The van der Waals surface area contributed by atoms with Crippen molar-refractivity contribution < 1.29 is 44.3 Å². The van der Waals surface area contributed by atoms with Gasteiger partial charge < -0.3 is 46.8 Å². The van der Waals surface area contributed by atoms with Crippen molar-refractivity contribution in [3.05, 3.63) is 45.4 Å². The molecule has 14 heteroatoms. The summed E-state index contributed by atoms with van der Waals surface area (Å²) in [5.41, 5.74) is 8.02. The number of phenols is 1. The Morgan fingerprint density at radius 1 is 1.20 bits per heavy atom. The minimum Gasteiger partial charge on any atom is -0.510 e. The predicted octanol–water partition coefficient (Wildman–Crippen LogP) is -0.755. The lowest BCUT2D eigenvalue weighted by atomic mass is 9.58. The number of aromatic hydroxyl groups is 1. The van der Waals surface area contributed by atoms with Gasteiger partial charge in [0.1, 0.15) is 22.8 Å². The van der Waals surface area contributed by atoms with E-state index in [0.29, 0.717) is 37.4 Å². The maximum Gasteiger partial charge on any atom is 0.317 e. The van der Waals surface area contributed by atoms with Crippen LogP contribution in [-0.4, -0.2) is 106 Å². The van der Waals surface area contributed by atoms with E-state index in [0.717, 1.165) is 0 Å². The van der Waals surface area contributed by atoms with Crippen LogP contribution in [0.25, 0.3) is 0 Å². The minimum absolute atomic E-state index is 0.00823. The molecular weight excluding hydrogens is 538 g/mol. The molecule has 0 radical (unpaired) electrons. The van der Waals surface area contributed by atoms with Gasteiger partial charge in [-0.3, -0.25) is 19.3 Å². The Morgan fingerprint density at radius 3 is 2.46 bits per heavy atom. The molecule has 0 aromatic heterocycles. The highest BCUT2D eigenvalue weighted by atomic mass is 16.5. The molecule has 1 aliphatic heterocycles. The van der Waals surface area contributed by atoms with Gasteiger partial charge in [-0.05, 0) is 50.0 Å². The quantitative estimate of drug-likeness (QED) is 0.135. The van der Waals surface area contributed by atoms with Crippen LogP contribution in [0.15, 0.2) is 28.7 Å². The van der Waals surface area contributed by atoms with Crippen LogP contribution >= 0.6 is 0 Å². The van der Waals surface area contributed by atoms with Crippen LogP contribution in [-0.2, 0) is 27.3 Å². The Labute approximate surface area is 234 Å². The maximum absolute atomic E-state index is 13.9. The number of rotatable bonds is 4. The second kappa shape index (κ2) is 10.0. The third-order valence-corrected chi connectivity index (χ3v) is 8.57. The first kappa shape index (κ1) is 28.4. The number of Topliss-reactive ketones (excluding diaryl/α,β-unsaturated/α-hetero) is 2. The molecule has 1 saturated heterocycles. The van der Waals surface area contributed by atoms with Crippen LogP contribution in [0, 0.1) is 11.8 Å². The number of benzene rings is 1. The van der Waals surface area contributed by atoms with E-state index < -0.39 is 63.8 Å². The fourth-order valence-corrected chi connectivity index (χ4v) is 6.63. The van der Waals surface area contributed by atoms with Gasteiger partial charge in [-0.15, -0.1) is 0 Å². The van der Waals surface area contributed by atoms with Crippen molar-refractivity contribution in [2.24, 2.45) is 17.6 Å². The number of nitrogens with one attached hydrogen (secondary N) is 1. The van der Waals surface area contributed by atoms with E-state index in [1.807, 2.05) is 0 Å². The molecule has 0 unspecified atom stereocenters. The summed E-state index contributed by atoms with van der Waals surface area (Å²) >= 11 is 0. The number of nitrogens with two attached hydrogens (primary N) is 2. The number of carbonyl (C=O) groups is 4. The van der Waals surface area contributed by atoms with Crippen molar-refractivity contribution in [2.75, 3.05) is 46.1 Å². The van der Waals surface area contributed by atoms with Gasteiger partial charge in [-0.2, -0.15) is 0 Å². The second-order valence-corrected chi connectivity index (χ2v) is 11.0. The van der Waals surface area contributed by atoms with E-state index >= 15 is 0 Å². The normalized spacial score (nSPS) is 27.9. The van der Waals surface area contributed by atoms with E-state index in [2.05, 4.69) is 5.32 Å². The molecule has 1 fully saturated rings. The first-order valence-electron chi connectivity index (χ1n) is 13.2. The molecule has 1 aromatic carbocycles. The average Bonchev–Trinajstić information content (AvgIpc) is 2.91.